The first-order chi connectivity index (χ1) is 17.9. The Bertz CT molecular complexity index is 1310. The van der Waals surface area contributed by atoms with Gasteiger partial charge in [-0.2, -0.15) is 10.4 Å². The van der Waals surface area contributed by atoms with Crippen molar-refractivity contribution in [1.29, 1.82) is 5.26 Å². The maximum absolute atomic E-state index is 13.3. The van der Waals surface area contributed by atoms with Gasteiger partial charge >= 0.3 is 0 Å². The Hall–Kier alpha value is -3.99. The number of aromatic nitrogens is 2. The second-order valence-electron chi connectivity index (χ2n) is 9.84. The SMILES string of the molecule is CC(C)(CO)n1cc(-c2ccc(NC(=O)C(NCCc3ccc(C#N)cc3)C3=CCCC=C3)cc2)cn1. The normalized spacial score (nSPS) is 14.1. The van der Waals surface area contributed by atoms with Crippen molar-refractivity contribution in [2.75, 3.05) is 18.5 Å². The minimum absolute atomic E-state index is 0.00656. The van der Waals surface area contributed by atoms with Gasteiger partial charge in [0.25, 0.3) is 0 Å². The average molecular weight is 496 g/mol. The fourth-order valence-electron chi connectivity index (χ4n) is 4.15. The molecule has 0 spiro atoms. The first-order valence-corrected chi connectivity index (χ1v) is 12.6. The van der Waals surface area contributed by atoms with Gasteiger partial charge in [-0.25, -0.2) is 0 Å². The van der Waals surface area contributed by atoms with Crippen LogP contribution < -0.4 is 10.6 Å². The number of nitrogens with one attached hydrogen (secondary N) is 2. The molecule has 0 radical (unpaired) electrons. The molecule has 1 aromatic heterocycles. The predicted octanol–water partition coefficient (Wildman–Crippen LogP) is 4.56. The molecule has 4 rings (SSSR count). The van der Waals surface area contributed by atoms with Crippen LogP contribution in [0.5, 0.6) is 0 Å². The number of amides is 1. The molecule has 37 heavy (non-hydrogen) atoms. The number of carbonyl (C=O) groups excluding carboxylic acids is 1. The minimum Gasteiger partial charge on any atom is -0.394 e. The highest BCUT2D eigenvalue weighted by Crippen LogP contribution is 2.24. The van der Waals surface area contributed by atoms with Crippen LogP contribution in [-0.2, 0) is 16.8 Å². The molecule has 0 bridgehead atoms. The highest BCUT2D eigenvalue weighted by molar-refractivity contribution is 5.97. The number of carbonyl (C=O) groups is 1. The lowest BCUT2D eigenvalue weighted by Gasteiger charge is -2.22. The predicted molar refractivity (Wildman–Crippen MR) is 146 cm³/mol. The monoisotopic (exact) mass is 495 g/mol. The molecule has 1 heterocycles. The molecule has 1 aliphatic carbocycles. The summed E-state index contributed by atoms with van der Waals surface area (Å²) in [5.41, 5.74) is 4.89. The van der Waals surface area contributed by atoms with Gasteiger partial charge in [0.1, 0.15) is 6.04 Å². The van der Waals surface area contributed by atoms with Crippen molar-refractivity contribution in [1.82, 2.24) is 15.1 Å². The van der Waals surface area contributed by atoms with Crippen molar-refractivity contribution in [3.8, 4) is 17.2 Å². The van der Waals surface area contributed by atoms with E-state index in [9.17, 15) is 9.90 Å². The van der Waals surface area contributed by atoms with Gasteiger partial charge in [0.15, 0.2) is 0 Å². The van der Waals surface area contributed by atoms with Crippen molar-refractivity contribution in [3.63, 3.8) is 0 Å². The van der Waals surface area contributed by atoms with E-state index in [4.69, 9.17) is 5.26 Å². The number of hydrogen-bond acceptors (Lipinski definition) is 5. The summed E-state index contributed by atoms with van der Waals surface area (Å²) < 4.78 is 1.76. The summed E-state index contributed by atoms with van der Waals surface area (Å²) in [5, 5.41) is 29.4. The number of aliphatic hydroxyl groups excluding tert-OH is 1. The molecule has 7 nitrogen and oxygen atoms in total. The number of benzene rings is 2. The molecule has 1 amide bonds. The van der Waals surface area contributed by atoms with Crippen molar-refractivity contribution >= 4 is 11.6 Å². The molecule has 3 N–H and O–H groups in total. The van der Waals surface area contributed by atoms with E-state index < -0.39 is 11.6 Å². The summed E-state index contributed by atoms with van der Waals surface area (Å²) in [4.78, 5) is 13.3. The van der Waals surface area contributed by atoms with Crippen LogP contribution in [0.4, 0.5) is 5.69 Å². The van der Waals surface area contributed by atoms with E-state index in [-0.39, 0.29) is 12.5 Å². The first kappa shape index (κ1) is 26.1. The van der Waals surface area contributed by atoms with Gasteiger partial charge in [-0.3, -0.25) is 9.48 Å². The zero-order valence-corrected chi connectivity index (χ0v) is 21.3. The highest BCUT2D eigenvalue weighted by Gasteiger charge is 2.22. The Kier molecular flexibility index (Phi) is 8.34. The summed E-state index contributed by atoms with van der Waals surface area (Å²) in [6, 6.07) is 16.9. The van der Waals surface area contributed by atoms with Crippen molar-refractivity contribution in [3.05, 3.63) is 95.9 Å². The lowest BCUT2D eigenvalue weighted by atomic mass is 9.99. The van der Waals surface area contributed by atoms with Gasteiger partial charge in [-0.1, -0.05) is 42.5 Å². The second kappa shape index (κ2) is 11.8. The number of aliphatic hydroxyl groups is 1. The summed E-state index contributed by atoms with van der Waals surface area (Å²) in [5.74, 6) is -0.108. The molecule has 0 saturated heterocycles. The Morgan fingerprint density at radius 3 is 2.54 bits per heavy atom. The van der Waals surface area contributed by atoms with Gasteiger partial charge in [-0.15, -0.1) is 0 Å². The third-order valence-electron chi connectivity index (χ3n) is 6.54. The summed E-state index contributed by atoms with van der Waals surface area (Å²) in [7, 11) is 0. The fourth-order valence-corrected chi connectivity index (χ4v) is 4.15. The summed E-state index contributed by atoms with van der Waals surface area (Å²) >= 11 is 0. The maximum Gasteiger partial charge on any atom is 0.246 e. The number of allylic oxidation sites excluding steroid dienone is 2. The molecule has 1 aliphatic rings. The van der Waals surface area contributed by atoms with Crippen molar-refractivity contribution in [2.24, 2.45) is 0 Å². The van der Waals surface area contributed by atoms with Gasteiger partial charge < -0.3 is 15.7 Å². The maximum atomic E-state index is 13.3. The van der Waals surface area contributed by atoms with Crippen LogP contribution in [0.1, 0.15) is 37.8 Å². The smallest absolute Gasteiger partial charge is 0.246 e. The van der Waals surface area contributed by atoms with Crippen LogP contribution in [0.3, 0.4) is 0 Å². The average Bonchev–Trinajstić information content (AvgIpc) is 3.44. The molecule has 1 unspecified atom stereocenters. The van der Waals surface area contributed by atoms with Crippen LogP contribution in [-0.4, -0.2) is 40.0 Å². The molecule has 1 atom stereocenters. The number of nitriles is 1. The molecular weight excluding hydrogens is 462 g/mol. The van der Waals surface area contributed by atoms with Crippen LogP contribution in [0.15, 0.2) is 84.7 Å². The zero-order valence-electron chi connectivity index (χ0n) is 21.3. The molecule has 2 aromatic carbocycles. The Morgan fingerprint density at radius 2 is 1.89 bits per heavy atom. The largest absolute Gasteiger partial charge is 0.394 e. The number of nitrogens with zero attached hydrogens (tertiary/aromatic N) is 3. The molecule has 190 valence electrons. The standard InChI is InChI=1S/C30H33N5O2/c1-30(2,21-36)35-20-26(19-33-35)24-12-14-27(15-13-24)34-29(37)28(25-6-4-3-5-7-25)32-17-16-22-8-10-23(18-31)11-9-22/h4,6-15,19-20,28,32,36H,3,5,16-17,21H2,1-2H3,(H,34,37). The van der Waals surface area contributed by atoms with Gasteiger partial charge in [0.2, 0.25) is 5.91 Å². The van der Waals surface area contributed by atoms with E-state index in [0.29, 0.717) is 12.1 Å². The number of hydrogen-bond donors (Lipinski definition) is 3. The molecule has 3 aromatic rings. The fraction of sp³-hybridized carbons (Fsp3) is 0.300. The van der Waals surface area contributed by atoms with E-state index in [0.717, 1.165) is 47.2 Å². The summed E-state index contributed by atoms with van der Waals surface area (Å²) in [6.45, 7) is 4.47. The van der Waals surface area contributed by atoms with E-state index >= 15 is 0 Å². The van der Waals surface area contributed by atoms with Gasteiger partial charge in [-0.05, 0) is 74.1 Å². The Labute approximate surface area is 218 Å². The van der Waals surface area contributed by atoms with Gasteiger partial charge in [0, 0.05) is 24.0 Å². The van der Waals surface area contributed by atoms with E-state index in [2.05, 4.69) is 34.0 Å². The van der Waals surface area contributed by atoms with E-state index in [1.807, 2.05) is 74.7 Å². The van der Waals surface area contributed by atoms with Crippen molar-refractivity contribution < 1.29 is 9.90 Å². The lowest BCUT2D eigenvalue weighted by Crippen LogP contribution is -2.42. The van der Waals surface area contributed by atoms with E-state index in [1.165, 1.54) is 0 Å². The number of anilines is 1. The van der Waals surface area contributed by atoms with Crippen LogP contribution in [0, 0.1) is 11.3 Å². The lowest BCUT2D eigenvalue weighted by molar-refractivity contribution is -0.117. The molecule has 0 fully saturated rings. The topological polar surface area (TPSA) is 103 Å². The Morgan fingerprint density at radius 1 is 1.14 bits per heavy atom. The van der Waals surface area contributed by atoms with Crippen LogP contribution in [0.2, 0.25) is 0 Å². The molecule has 0 aliphatic heterocycles. The molecular formula is C30H33N5O2. The second-order valence-corrected chi connectivity index (χ2v) is 9.84. The first-order valence-electron chi connectivity index (χ1n) is 12.6. The zero-order chi connectivity index (χ0) is 26.3. The quantitative estimate of drug-likeness (QED) is 0.383. The van der Waals surface area contributed by atoms with E-state index in [1.54, 1.807) is 10.9 Å². The Balaban J connectivity index is 1.41. The highest BCUT2D eigenvalue weighted by atomic mass is 16.3. The van der Waals surface area contributed by atoms with Crippen molar-refractivity contribution in [2.45, 2.75) is 44.7 Å². The third kappa shape index (κ3) is 6.62. The third-order valence-corrected chi connectivity index (χ3v) is 6.54. The minimum atomic E-state index is -0.476. The molecule has 0 saturated carbocycles. The summed E-state index contributed by atoms with van der Waals surface area (Å²) in [6.07, 6.45) is 12.6. The van der Waals surface area contributed by atoms with Gasteiger partial charge in [0.05, 0.1) is 30.0 Å². The van der Waals surface area contributed by atoms with Crippen LogP contribution >= 0.6 is 0 Å². The molecule has 7 heteroatoms. The number of rotatable bonds is 10. The van der Waals surface area contributed by atoms with Crippen LogP contribution in [0.25, 0.3) is 11.1 Å².